The maximum absolute atomic E-state index is 12.5. The van der Waals surface area contributed by atoms with Crippen LogP contribution in [0, 0.1) is 18.8 Å². The first kappa shape index (κ1) is 22.8. The van der Waals surface area contributed by atoms with E-state index in [9.17, 15) is 13.2 Å². The summed E-state index contributed by atoms with van der Waals surface area (Å²) in [4.78, 5) is 10.9. The summed E-state index contributed by atoms with van der Waals surface area (Å²) in [5.74, 6) is 5.01. The largest absolute Gasteiger partial charge is 0.481 e. The molecule has 2 rings (SSSR count). The Morgan fingerprint density at radius 1 is 1.21 bits per heavy atom. The highest BCUT2D eigenvalue weighted by molar-refractivity contribution is 7.89. The lowest BCUT2D eigenvalue weighted by Crippen LogP contribution is -2.32. The number of ether oxygens (including phenoxy) is 1. The van der Waals surface area contributed by atoms with Gasteiger partial charge < -0.3 is 9.84 Å². The number of nitrogens with one attached hydrogen (secondary N) is 1. The molecule has 2 N–H and O–H groups in total. The molecular formula is C21H22ClNO5S. The second-order valence-electron chi connectivity index (χ2n) is 6.48. The summed E-state index contributed by atoms with van der Waals surface area (Å²) < 4.78 is 32.9. The first-order chi connectivity index (χ1) is 13.6. The number of carbonyl (C=O) groups is 1. The van der Waals surface area contributed by atoms with Crippen LogP contribution in [-0.2, 0) is 14.8 Å². The molecule has 1 unspecified atom stereocenters. The van der Waals surface area contributed by atoms with Crippen LogP contribution < -0.4 is 9.46 Å². The van der Waals surface area contributed by atoms with Crippen molar-refractivity contribution in [1.82, 2.24) is 4.72 Å². The van der Waals surface area contributed by atoms with Crippen molar-refractivity contribution in [3.05, 3.63) is 58.1 Å². The molecule has 0 aliphatic rings. The topological polar surface area (TPSA) is 92.7 Å². The third-order valence-electron chi connectivity index (χ3n) is 4.11. The van der Waals surface area contributed by atoms with Gasteiger partial charge >= 0.3 is 5.97 Å². The van der Waals surface area contributed by atoms with Gasteiger partial charge in [-0.3, -0.25) is 0 Å². The van der Waals surface area contributed by atoms with Crippen LogP contribution in [-0.4, -0.2) is 32.1 Å². The van der Waals surface area contributed by atoms with Crippen LogP contribution >= 0.6 is 11.6 Å². The van der Waals surface area contributed by atoms with Gasteiger partial charge in [-0.1, -0.05) is 36.4 Å². The van der Waals surface area contributed by atoms with Crippen LogP contribution in [0.15, 0.2) is 41.3 Å². The van der Waals surface area contributed by atoms with E-state index in [2.05, 4.69) is 16.6 Å². The standard InChI is InChI=1S/C21H22ClNO5S/c1-4-15(3)23-29(26,27)19-9-5-14(2)16(12-19)6-7-17-11-18(22)8-10-20(17)28-13-21(24)25/h5,8-12,15,23H,4,13H2,1-3H3,(H,24,25). The van der Waals surface area contributed by atoms with Gasteiger partial charge in [0.25, 0.3) is 0 Å². The van der Waals surface area contributed by atoms with Crippen molar-refractivity contribution in [2.24, 2.45) is 0 Å². The number of carboxylic acids is 1. The summed E-state index contributed by atoms with van der Waals surface area (Å²) in [6.07, 6.45) is 0.672. The van der Waals surface area contributed by atoms with Gasteiger partial charge in [0.05, 0.1) is 10.5 Å². The third kappa shape index (κ3) is 6.50. The van der Waals surface area contributed by atoms with E-state index in [1.165, 1.54) is 12.1 Å². The normalized spacial score (nSPS) is 12.0. The van der Waals surface area contributed by atoms with Crippen molar-refractivity contribution >= 4 is 27.6 Å². The Kier molecular flexibility index (Phi) is 7.68. The monoisotopic (exact) mass is 435 g/mol. The molecule has 0 aliphatic heterocycles. The molecule has 0 fully saturated rings. The summed E-state index contributed by atoms with van der Waals surface area (Å²) in [6.45, 7) is 5.01. The van der Waals surface area contributed by atoms with Crippen molar-refractivity contribution in [1.29, 1.82) is 0 Å². The van der Waals surface area contributed by atoms with Crippen molar-refractivity contribution < 1.29 is 23.1 Å². The van der Waals surface area contributed by atoms with E-state index in [0.717, 1.165) is 5.56 Å². The molecule has 1 atom stereocenters. The van der Waals surface area contributed by atoms with E-state index in [1.807, 2.05) is 13.8 Å². The Labute approximate surface area is 175 Å². The zero-order valence-corrected chi connectivity index (χ0v) is 17.9. The van der Waals surface area contributed by atoms with Gasteiger partial charge in [0.1, 0.15) is 5.75 Å². The molecule has 29 heavy (non-hydrogen) atoms. The number of hydrogen-bond donors (Lipinski definition) is 2. The number of sulfonamides is 1. The number of benzene rings is 2. The number of rotatable bonds is 7. The lowest BCUT2D eigenvalue weighted by atomic mass is 10.1. The fourth-order valence-corrected chi connectivity index (χ4v) is 3.84. The maximum atomic E-state index is 12.5. The zero-order chi connectivity index (χ0) is 21.6. The predicted molar refractivity (Wildman–Crippen MR) is 112 cm³/mol. The van der Waals surface area contributed by atoms with Crippen molar-refractivity contribution in [3.63, 3.8) is 0 Å². The smallest absolute Gasteiger partial charge is 0.341 e. The maximum Gasteiger partial charge on any atom is 0.341 e. The van der Waals surface area contributed by atoms with Crippen LogP contribution in [0.2, 0.25) is 5.02 Å². The van der Waals surface area contributed by atoms with E-state index < -0.39 is 22.6 Å². The average molecular weight is 436 g/mol. The third-order valence-corrected chi connectivity index (χ3v) is 5.93. The minimum Gasteiger partial charge on any atom is -0.481 e. The van der Waals surface area contributed by atoms with Crippen LogP contribution in [0.3, 0.4) is 0 Å². The second-order valence-corrected chi connectivity index (χ2v) is 8.63. The number of carboxylic acid groups (broad SMARTS) is 1. The van der Waals surface area contributed by atoms with Gasteiger partial charge in [-0.25, -0.2) is 17.9 Å². The van der Waals surface area contributed by atoms with Gasteiger partial charge in [0.2, 0.25) is 10.0 Å². The van der Waals surface area contributed by atoms with Crippen LogP contribution in [0.4, 0.5) is 0 Å². The molecule has 6 nitrogen and oxygen atoms in total. The molecule has 0 bridgehead atoms. The Balaban J connectivity index is 2.41. The molecule has 0 spiro atoms. The van der Waals surface area contributed by atoms with E-state index in [-0.39, 0.29) is 16.7 Å². The Morgan fingerprint density at radius 3 is 2.55 bits per heavy atom. The van der Waals surface area contributed by atoms with Gasteiger partial charge in [-0.15, -0.1) is 0 Å². The molecule has 0 saturated carbocycles. The minimum atomic E-state index is -3.66. The van der Waals surface area contributed by atoms with Crippen LogP contribution in [0.1, 0.15) is 37.0 Å². The molecular weight excluding hydrogens is 414 g/mol. The quantitative estimate of drug-likeness (QED) is 0.648. The summed E-state index contributed by atoms with van der Waals surface area (Å²) in [5.41, 5.74) is 1.74. The van der Waals surface area contributed by atoms with Crippen molar-refractivity contribution in [2.45, 2.75) is 38.1 Å². The molecule has 8 heteroatoms. The molecule has 0 heterocycles. The van der Waals surface area contributed by atoms with Crippen molar-refractivity contribution in [3.8, 4) is 17.6 Å². The fourth-order valence-electron chi connectivity index (χ4n) is 2.32. The number of hydrogen-bond acceptors (Lipinski definition) is 4. The highest BCUT2D eigenvalue weighted by Crippen LogP contribution is 2.23. The van der Waals surface area contributed by atoms with E-state index in [0.29, 0.717) is 22.6 Å². The molecule has 0 aliphatic carbocycles. The lowest BCUT2D eigenvalue weighted by molar-refractivity contribution is -0.139. The highest BCUT2D eigenvalue weighted by atomic mass is 35.5. The number of halogens is 1. The van der Waals surface area contributed by atoms with Crippen LogP contribution in [0.25, 0.3) is 0 Å². The average Bonchev–Trinajstić information content (AvgIpc) is 2.65. The summed E-state index contributed by atoms with van der Waals surface area (Å²) in [7, 11) is -3.66. The molecule has 2 aromatic carbocycles. The van der Waals surface area contributed by atoms with E-state index >= 15 is 0 Å². The Hall–Kier alpha value is -2.53. The highest BCUT2D eigenvalue weighted by Gasteiger charge is 2.17. The molecule has 154 valence electrons. The molecule has 0 amide bonds. The van der Waals surface area contributed by atoms with Crippen molar-refractivity contribution in [2.75, 3.05) is 6.61 Å². The fraction of sp³-hybridized carbons (Fsp3) is 0.286. The second kappa shape index (κ2) is 9.79. The van der Waals surface area contributed by atoms with E-state index in [4.69, 9.17) is 21.4 Å². The minimum absolute atomic E-state index is 0.126. The first-order valence-electron chi connectivity index (χ1n) is 8.91. The first-order valence-corrected chi connectivity index (χ1v) is 10.8. The van der Waals surface area contributed by atoms with Gasteiger partial charge in [-0.05, 0) is 56.2 Å². The summed E-state index contributed by atoms with van der Waals surface area (Å²) in [6, 6.07) is 9.22. The summed E-state index contributed by atoms with van der Waals surface area (Å²) >= 11 is 6.01. The Bertz CT molecular complexity index is 1070. The molecule has 2 aromatic rings. The zero-order valence-electron chi connectivity index (χ0n) is 16.3. The Morgan fingerprint density at radius 2 is 1.90 bits per heavy atom. The lowest BCUT2D eigenvalue weighted by Gasteiger charge is -2.12. The number of aliphatic carboxylic acids is 1. The molecule has 0 radical (unpaired) electrons. The molecule has 0 aromatic heterocycles. The SMILES string of the molecule is CCC(C)NS(=O)(=O)c1ccc(C)c(C#Cc2cc(Cl)ccc2OCC(=O)O)c1. The van der Waals surface area contributed by atoms with Crippen LogP contribution in [0.5, 0.6) is 5.75 Å². The predicted octanol–water partition coefficient (Wildman–Crippen LogP) is 3.59. The number of aryl methyl sites for hydroxylation is 1. The van der Waals surface area contributed by atoms with Gasteiger partial charge in [0, 0.05) is 16.6 Å². The van der Waals surface area contributed by atoms with E-state index in [1.54, 1.807) is 31.2 Å². The summed E-state index contributed by atoms with van der Waals surface area (Å²) in [5, 5.41) is 9.22. The molecule has 0 saturated heterocycles. The van der Waals surface area contributed by atoms with Gasteiger partial charge in [-0.2, -0.15) is 0 Å². The van der Waals surface area contributed by atoms with Gasteiger partial charge in [0.15, 0.2) is 6.61 Å².